The van der Waals surface area contributed by atoms with Gasteiger partial charge in [-0.3, -0.25) is 19.2 Å². The van der Waals surface area contributed by atoms with Crippen LogP contribution in [0.25, 0.3) is 0 Å². The molecular formula is C39H59F2N5O7S. The summed E-state index contributed by atoms with van der Waals surface area (Å²) in [5, 5.41) is 10.8. The van der Waals surface area contributed by atoms with Crippen molar-refractivity contribution in [2.45, 2.75) is 139 Å². The molecule has 1 unspecified atom stereocenters. The molecule has 0 aromatic heterocycles. The summed E-state index contributed by atoms with van der Waals surface area (Å²) in [5.41, 5.74) is -1.89. The van der Waals surface area contributed by atoms with E-state index in [2.05, 4.69) is 34.4 Å². The van der Waals surface area contributed by atoms with Crippen LogP contribution in [0, 0.1) is 17.3 Å². The number of carbonyl (C=O) groups excluding carboxylic acids is 5. The third-order valence-electron chi connectivity index (χ3n) is 11.7. The number of hydrogen-bond acceptors (Lipinski definition) is 7. The van der Waals surface area contributed by atoms with Gasteiger partial charge in [-0.05, 0) is 76.7 Å². The van der Waals surface area contributed by atoms with E-state index in [0.29, 0.717) is 44.6 Å². The van der Waals surface area contributed by atoms with Gasteiger partial charge in [-0.25, -0.2) is 22.0 Å². The van der Waals surface area contributed by atoms with Crippen molar-refractivity contribution in [3.05, 3.63) is 37.5 Å². The van der Waals surface area contributed by atoms with Crippen molar-refractivity contribution in [1.82, 2.24) is 26.2 Å². The van der Waals surface area contributed by atoms with Crippen molar-refractivity contribution in [3.63, 3.8) is 0 Å². The van der Waals surface area contributed by atoms with Gasteiger partial charge < -0.3 is 26.2 Å². The fraction of sp³-hybridized carbons (Fsp3) is 0.718. The number of likely N-dealkylation sites (tertiary alicyclic amines) is 1. The summed E-state index contributed by atoms with van der Waals surface area (Å²) in [7, 11) is -3.66. The number of rotatable bonds is 16. The number of ketones is 1. The minimum absolute atomic E-state index is 0.0182. The van der Waals surface area contributed by atoms with Crippen LogP contribution >= 0.6 is 0 Å². The summed E-state index contributed by atoms with van der Waals surface area (Å²) < 4.78 is 56.3. The first-order valence-electron chi connectivity index (χ1n) is 19.2. The number of halogens is 2. The lowest BCUT2D eigenvalue weighted by atomic mass is 9.70. The highest BCUT2D eigenvalue weighted by atomic mass is 32.2. The van der Waals surface area contributed by atoms with Gasteiger partial charge in [0, 0.05) is 19.0 Å². The first-order chi connectivity index (χ1) is 25.2. The average molecular weight is 780 g/mol. The maximum Gasteiger partial charge on any atom is 0.315 e. The van der Waals surface area contributed by atoms with E-state index in [4.69, 9.17) is 0 Å². The molecule has 4 atom stereocenters. The maximum absolute atomic E-state index is 15.2. The summed E-state index contributed by atoms with van der Waals surface area (Å²) in [6.45, 7) is 13.0. The molecular weight excluding hydrogens is 721 g/mol. The van der Waals surface area contributed by atoms with E-state index >= 15 is 8.78 Å². The number of carbonyl (C=O) groups is 5. The largest absolute Gasteiger partial charge is 0.346 e. The quantitative estimate of drug-likeness (QED) is 0.132. The van der Waals surface area contributed by atoms with Crippen LogP contribution in [0.5, 0.6) is 0 Å². The molecule has 12 nitrogen and oxygen atoms in total. The molecule has 1 heterocycles. The summed E-state index contributed by atoms with van der Waals surface area (Å²) in [6.07, 6.45) is 11.7. The van der Waals surface area contributed by atoms with Crippen LogP contribution in [-0.2, 0) is 29.0 Å². The number of Topliss-reactive ketones (excluding diaryl/α,β-unsaturated/α-hetero) is 1. The third kappa shape index (κ3) is 10.4. The highest BCUT2D eigenvalue weighted by Gasteiger charge is 2.53. The molecule has 5 amide bonds. The minimum atomic E-state index is -3.66. The van der Waals surface area contributed by atoms with Gasteiger partial charge >= 0.3 is 6.03 Å². The zero-order valence-electron chi connectivity index (χ0n) is 32.2. The topological polar surface area (TPSA) is 171 Å². The number of nitrogens with one attached hydrogen (secondary N) is 4. The smallest absolute Gasteiger partial charge is 0.315 e. The molecule has 1 aliphatic heterocycles. The molecule has 0 aromatic rings. The second-order valence-corrected chi connectivity index (χ2v) is 19.7. The molecule has 0 aromatic carbocycles. The summed E-state index contributed by atoms with van der Waals surface area (Å²) in [6, 6.07) is -4.73. The molecule has 1 saturated heterocycles. The number of hydrogen-bond donors (Lipinski definition) is 4. The number of sulfone groups is 1. The van der Waals surface area contributed by atoms with E-state index in [-0.39, 0.29) is 24.6 Å². The maximum atomic E-state index is 15.2. The van der Waals surface area contributed by atoms with Gasteiger partial charge in [0.15, 0.2) is 9.84 Å². The monoisotopic (exact) mass is 779 g/mol. The molecule has 4 aliphatic rings. The van der Waals surface area contributed by atoms with Crippen molar-refractivity contribution in [3.8, 4) is 0 Å². The van der Waals surface area contributed by atoms with Crippen molar-refractivity contribution in [2.24, 2.45) is 17.3 Å². The highest BCUT2D eigenvalue weighted by Crippen LogP contribution is 2.42. The predicted octanol–water partition coefficient (Wildman–Crippen LogP) is 4.51. The highest BCUT2D eigenvalue weighted by molar-refractivity contribution is 7.92. The van der Waals surface area contributed by atoms with Crippen LogP contribution in [0.15, 0.2) is 37.5 Å². The van der Waals surface area contributed by atoms with Crippen LogP contribution in [-0.4, -0.2) is 96.0 Å². The summed E-state index contributed by atoms with van der Waals surface area (Å²) >= 11 is 0. The first-order valence-corrected chi connectivity index (χ1v) is 20.9. The molecule has 4 N–H and O–H groups in total. The SMILES string of the molecule is C=CCNC(=O)C(=O)C(CC1C=C1)NC(=O)[C@@H]1C[C@@H](C(F)(F)C=C)CN1C(=O)[C@@H](NC(=O)NC1(CS(=O)(=O)C(C)(C)C)CCCCC1)C1(C)CCCCC1. The second-order valence-electron chi connectivity index (χ2n) is 17.0. The van der Waals surface area contributed by atoms with Crippen LogP contribution < -0.4 is 21.3 Å². The van der Waals surface area contributed by atoms with E-state index in [1.807, 2.05) is 6.92 Å². The molecule has 3 fully saturated rings. The Morgan fingerprint density at radius 3 is 2.07 bits per heavy atom. The molecule has 15 heteroatoms. The van der Waals surface area contributed by atoms with Crippen LogP contribution in [0.3, 0.4) is 0 Å². The lowest BCUT2D eigenvalue weighted by Gasteiger charge is -2.44. The fourth-order valence-electron chi connectivity index (χ4n) is 8.06. The van der Waals surface area contributed by atoms with Gasteiger partial charge in [0.2, 0.25) is 17.6 Å². The number of allylic oxidation sites excluding steroid dienone is 3. The number of amides is 5. The Morgan fingerprint density at radius 1 is 0.944 bits per heavy atom. The molecule has 2 saturated carbocycles. The molecule has 54 heavy (non-hydrogen) atoms. The van der Waals surface area contributed by atoms with Gasteiger partial charge in [-0.1, -0.05) is 70.3 Å². The molecule has 302 valence electrons. The lowest BCUT2D eigenvalue weighted by Crippen LogP contribution is -2.64. The van der Waals surface area contributed by atoms with E-state index in [0.717, 1.165) is 30.6 Å². The van der Waals surface area contributed by atoms with Crippen molar-refractivity contribution < 1.29 is 41.2 Å². The van der Waals surface area contributed by atoms with Crippen LogP contribution in [0.1, 0.15) is 105 Å². The van der Waals surface area contributed by atoms with Crippen molar-refractivity contribution in [1.29, 1.82) is 0 Å². The Bertz CT molecular complexity index is 1590. The lowest BCUT2D eigenvalue weighted by molar-refractivity contribution is -0.144. The second kappa shape index (κ2) is 17.0. The Hall–Kier alpha value is -3.62. The normalized spacial score (nSPS) is 23.7. The molecule has 3 aliphatic carbocycles. The zero-order chi connectivity index (χ0) is 40.1. The number of alkyl halides is 2. The fourth-order valence-corrected chi connectivity index (χ4v) is 9.58. The Kier molecular flexibility index (Phi) is 13.6. The van der Waals surface area contributed by atoms with Gasteiger partial charge in [-0.15, -0.1) is 6.58 Å². The molecule has 0 spiro atoms. The van der Waals surface area contributed by atoms with E-state index in [1.54, 1.807) is 32.9 Å². The van der Waals surface area contributed by atoms with E-state index in [9.17, 15) is 32.4 Å². The zero-order valence-corrected chi connectivity index (χ0v) is 33.0. The minimum Gasteiger partial charge on any atom is -0.346 e. The standard InChI is InChI=1S/C39H59F2N5O7S/c1-7-21-42-33(49)30(47)28(22-26-15-16-26)43-32(48)29-23-27(39(40,41)8-2)24-46(29)34(50)31(37(6)17-11-9-12-18-37)44-35(51)45-38(19-13-10-14-20-38)25-54(52,53)36(3,4)5/h7-8,15-16,26-29,31H,1-2,9-14,17-25H2,3-6H3,(H,42,49)(H,43,48)(H2,44,45,51)/t27-,28?,29+,31-/m1/s1. The van der Waals surface area contributed by atoms with E-state index < -0.39 is 98.0 Å². The number of urea groups is 1. The predicted molar refractivity (Wildman–Crippen MR) is 202 cm³/mol. The van der Waals surface area contributed by atoms with Crippen LogP contribution in [0.4, 0.5) is 13.6 Å². The first kappa shape index (κ1) is 43.1. The Morgan fingerprint density at radius 2 is 1.54 bits per heavy atom. The van der Waals surface area contributed by atoms with Gasteiger partial charge in [0.1, 0.15) is 12.1 Å². The molecule has 4 rings (SSSR count). The average Bonchev–Trinajstić information content (AvgIpc) is 3.81. The summed E-state index contributed by atoms with van der Waals surface area (Å²) in [4.78, 5) is 69.7. The van der Waals surface area contributed by atoms with Crippen LogP contribution in [0.2, 0.25) is 0 Å². The van der Waals surface area contributed by atoms with Gasteiger partial charge in [-0.2, -0.15) is 0 Å². The summed E-state index contributed by atoms with van der Waals surface area (Å²) in [5.74, 6) is -8.82. The Balaban J connectivity index is 1.65. The third-order valence-corrected chi connectivity index (χ3v) is 14.5. The van der Waals surface area contributed by atoms with Gasteiger partial charge in [0.25, 0.3) is 11.8 Å². The van der Waals surface area contributed by atoms with E-state index in [1.165, 1.54) is 6.08 Å². The van der Waals surface area contributed by atoms with Crippen molar-refractivity contribution in [2.75, 3.05) is 18.8 Å². The molecule has 0 radical (unpaired) electrons. The Labute approximate surface area is 318 Å². The molecule has 0 bridgehead atoms. The number of nitrogens with zero attached hydrogens (tertiary/aromatic N) is 1. The van der Waals surface area contributed by atoms with Gasteiger partial charge in [0.05, 0.1) is 22.1 Å². The van der Waals surface area contributed by atoms with Crippen molar-refractivity contribution >= 4 is 39.4 Å².